The van der Waals surface area contributed by atoms with Gasteiger partial charge < -0.3 is 10.7 Å². The summed E-state index contributed by atoms with van der Waals surface area (Å²) in [4.78, 5) is 7.71. The molecule has 0 saturated heterocycles. The van der Waals surface area contributed by atoms with Gasteiger partial charge in [-0.15, -0.1) is 0 Å². The van der Waals surface area contributed by atoms with Crippen LogP contribution in [-0.2, 0) is 12.8 Å². The number of nitrogens with two attached hydrogens (primary N) is 1. The molecule has 3 heteroatoms. The predicted molar refractivity (Wildman–Crippen MR) is 55.4 cm³/mol. The van der Waals surface area contributed by atoms with Crippen molar-refractivity contribution < 1.29 is 0 Å². The normalized spacial score (nSPS) is 11.3. The molecule has 0 aliphatic rings. The summed E-state index contributed by atoms with van der Waals surface area (Å²) in [5, 5.41) is 0. The maximum atomic E-state index is 5.46. The van der Waals surface area contributed by atoms with Crippen LogP contribution in [0.25, 0.3) is 6.08 Å². The van der Waals surface area contributed by atoms with E-state index in [-0.39, 0.29) is 0 Å². The number of nitrogens with one attached hydrogen (secondary N) is 1. The molecule has 0 aliphatic carbocycles. The van der Waals surface area contributed by atoms with Gasteiger partial charge in [0.05, 0.1) is 5.69 Å². The van der Waals surface area contributed by atoms with Crippen LogP contribution in [0.5, 0.6) is 0 Å². The summed E-state index contributed by atoms with van der Waals surface area (Å²) in [6, 6.07) is 0. The van der Waals surface area contributed by atoms with Crippen LogP contribution in [0.4, 0.5) is 0 Å². The Labute approximate surface area is 79.1 Å². The first kappa shape index (κ1) is 9.99. The van der Waals surface area contributed by atoms with Crippen LogP contribution in [0.15, 0.2) is 6.08 Å². The highest BCUT2D eigenvalue weighted by atomic mass is 14.9. The van der Waals surface area contributed by atoms with Gasteiger partial charge in [0.1, 0.15) is 5.82 Å². The standard InChI is InChI=1S/C10H17N3/c1-3-5-9-8(4-2)12-10(13-9)6-7-11/h3,5H,4,6-7,11H2,1-2H3,(H,12,13)/b5-3-. The Balaban J connectivity index is 2.90. The second kappa shape index (κ2) is 4.82. The van der Waals surface area contributed by atoms with E-state index in [2.05, 4.69) is 16.9 Å². The summed E-state index contributed by atoms with van der Waals surface area (Å²) in [5.41, 5.74) is 7.70. The summed E-state index contributed by atoms with van der Waals surface area (Å²) < 4.78 is 0. The predicted octanol–water partition coefficient (Wildman–Crippen LogP) is 1.51. The van der Waals surface area contributed by atoms with Gasteiger partial charge >= 0.3 is 0 Å². The Morgan fingerprint density at radius 1 is 1.54 bits per heavy atom. The van der Waals surface area contributed by atoms with Crippen molar-refractivity contribution in [3.05, 3.63) is 23.3 Å². The van der Waals surface area contributed by atoms with Gasteiger partial charge in [0, 0.05) is 12.1 Å². The quantitative estimate of drug-likeness (QED) is 0.736. The Bertz CT molecular complexity index is 286. The minimum atomic E-state index is 0.645. The third-order valence-electron chi connectivity index (χ3n) is 1.92. The zero-order chi connectivity index (χ0) is 9.68. The monoisotopic (exact) mass is 179 g/mol. The molecule has 3 N–H and O–H groups in total. The Hall–Kier alpha value is -1.09. The molecule has 1 aromatic heterocycles. The van der Waals surface area contributed by atoms with Crippen molar-refractivity contribution in [2.45, 2.75) is 26.7 Å². The van der Waals surface area contributed by atoms with Crippen LogP contribution < -0.4 is 5.73 Å². The highest BCUT2D eigenvalue weighted by molar-refractivity contribution is 5.47. The molecule has 0 unspecified atom stereocenters. The van der Waals surface area contributed by atoms with E-state index in [9.17, 15) is 0 Å². The van der Waals surface area contributed by atoms with Gasteiger partial charge in [-0.25, -0.2) is 4.98 Å². The molecule has 1 aromatic rings. The molecule has 0 fully saturated rings. The van der Waals surface area contributed by atoms with Crippen molar-refractivity contribution in [3.63, 3.8) is 0 Å². The van der Waals surface area contributed by atoms with Gasteiger partial charge in [0.2, 0.25) is 0 Å². The Kier molecular flexibility index (Phi) is 3.71. The molecule has 0 amide bonds. The van der Waals surface area contributed by atoms with E-state index in [4.69, 9.17) is 5.73 Å². The lowest BCUT2D eigenvalue weighted by Crippen LogP contribution is -2.03. The fourth-order valence-corrected chi connectivity index (χ4v) is 1.30. The molecule has 3 nitrogen and oxygen atoms in total. The number of rotatable bonds is 4. The van der Waals surface area contributed by atoms with E-state index in [0.29, 0.717) is 6.54 Å². The van der Waals surface area contributed by atoms with Gasteiger partial charge in [-0.2, -0.15) is 0 Å². The molecule has 0 bridgehead atoms. The number of H-pyrrole nitrogens is 1. The van der Waals surface area contributed by atoms with E-state index in [0.717, 1.165) is 24.4 Å². The largest absolute Gasteiger partial charge is 0.345 e. The van der Waals surface area contributed by atoms with Gasteiger partial charge in [0.25, 0.3) is 0 Å². The van der Waals surface area contributed by atoms with Crippen molar-refractivity contribution in [2.24, 2.45) is 5.73 Å². The molecule has 0 radical (unpaired) electrons. The first-order valence-electron chi connectivity index (χ1n) is 4.72. The second-order valence-corrected chi connectivity index (χ2v) is 2.94. The summed E-state index contributed by atoms with van der Waals surface area (Å²) in [6.07, 6.45) is 5.83. The van der Waals surface area contributed by atoms with Crippen LogP contribution >= 0.6 is 0 Å². The van der Waals surface area contributed by atoms with Crippen molar-refractivity contribution in [2.75, 3.05) is 6.54 Å². The van der Waals surface area contributed by atoms with Crippen LogP contribution in [0.3, 0.4) is 0 Å². The number of aromatic amines is 1. The fraction of sp³-hybridized carbons (Fsp3) is 0.500. The van der Waals surface area contributed by atoms with E-state index in [1.807, 2.05) is 19.1 Å². The molecule has 0 aliphatic heterocycles. The number of allylic oxidation sites excluding steroid dienone is 1. The maximum absolute atomic E-state index is 5.46. The molecule has 0 aromatic carbocycles. The topological polar surface area (TPSA) is 54.7 Å². The number of hydrogen-bond acceptors (Lipinski definition) is 2. The van der Waals surface area contributed by atoms with Crippen molar-refractivity contribution in [3.8, 4) is 0 Å². The van der Waals surface area contributed by atoms with Crippen LogP contribution in [-0.4, -0.2) is 16.5 Å². The van der Waals surface area contributed by atoms with Crippen molar-refractivity contribution in [1.29, 1.82) is 0 Å². The molecular formula is C10H17N3. The minimum Gasteiger partial charge on any atom is -0.345 e. The average Bonchev–Trinajstić information content (AvgIpc) is 2.49. The number of aromatic nitrogens is 2. The lowest BCUT2D eigenvalue weighted by molar-refractivity contribution is 0.885. The summed E-state index contributed by atoms with van der Waals surface area (Å²) in [6.45, 7) is 4.76. The first-order valence-corrected chi connectivity index (χ1v) is 4.72. The molecule has 1 rings (SSSR count). The summed E-state index contributed by atoms with van der Waals surface area (Å²) >= 11 is 0. The van der Waals surface area contributed by atoms with E-state index >= 15 is 0 Å². The average molecular weight is 179 g/mol. The third kappa shape index (κ3) is 2.42. The van der Waals surface area contributed by atoms with Gasteiger partial charge in [0.15, 0.2) is 0 Å². The zero-order valence-corrected chi connectivity index (χ0v) is 8.30. The fourth-order valence-electron chi connectivity index (χ4n) is 1.30. The van der Waals surface area contributed by atoms with Gasteiger partial charge in [-0.05, 0) is 26.0 Å². The van der Waals surface area contributed by atoms with Gasteiger partial charge in [-0.3, -0.25) is 0 Å². The highest BCUT2D eigenvalue weighted by Crippen LogP contribution is 2.09. The van der Waals surface area contributed by atoms with Crippen molar-refractivity contribution in [1.82, 2.24) is 9.97 Å². The van der Waals surface area contributed by atoms with Crippen molar-refractivity contribution >= 4 is 6.08 Å². The number of nitrogens with zero attached hydrogens (tertiary/aromatic N) is 1. The molecule has 13 heavy (non-hydrogen) atoms. The van der Waals surface area contributed by atoms with E-state index in [1.54, 1.807) is 0 Å². The molecule has 72 valence electrons. The van der Waals surface area contributed by atoms with Crippen LogP contribution in [0, 0.1) is 0 Å². The Morgan fingerprint density at radius 3 is 2.85 bits per heavy atom. The lowest BCUT2D eigenvalue weighted by Gasteiger charge is -1.90. The van der Waals surface area contributed by atoms with Crippen LogP contribution in [0.1, 0.15) is 31.1 Å². The SMILES string of the molecule is C/C=C\c1nc(CCN)[nH]c1CC. The molecule has 0 saturated carbocycles. The minimum absolute atomic E-state index is 0.645. The molecule has 1 heterocycles. The first-order chi connectivity index (χ1) is 6.31. The zero-order valence-electron chi connectivity index (χ0n) is 8.30. The number of aryl methyl sites for hydroxylation is 1. The number of hydrogen-bond donors (Lipinski definition) is 2. The van der Waals surface area contributed by atoms with Crippen LogP contribution in [0.2, 0.25) is 0 Å². The summed E-state index contributed by atoms with van der Waals surface area (Å²) in [5.74, 6) is 0.993. The molecular weight excluding hydrogens is 162 g/mol. The third-order valence-corrected chi connectivity index (χ3v) is 1.92. The lowest BCUT2D eigenvalue weighted by atomic mass is 10.2. The smallest absolute Gasteiger partial charge is 0.108 e. The Morgan fingerprint density at radius 2 is 2.31 bits per heavy atom. The molecule has 0 atom stereocenters. The maximum Gasteiger partial charge on any atom is 0.108 e. The van der Waals surface area contributed by atoms with E-state index < -0.39 is 0 Å². The molecule has 0 spiro atoms. The van der Waals surface area contributed by atoms with E-state index in [1.165, 1.54) is 5.69 Å². The summed E-state index contributed by atoms with van der Waals surface area (Å²) in [7, 11) is 0. The second-order valence-electron chi connectivity index (χ2n) is 2.94. The highest BCUT2D eigenvalue weighted by Gasteiger charge is 2.04. The number of imidazole rings is 1. The van der Waals surface area contributed by atoms with Gasteiger partial charge in [-0.1, -0.05) is 13.0 Å².